The van der Waals surface area contributed by atoms with E-state index in [2.05, 4.69) is 0 Å². The Morgan fingerprint density at radius 1 is 1.29 bits per heavy atom. The van der Waals surface area contributed by atoms with E-state index < -0.39 is 10.9 Å². The Kier molecular flexibility index (Phi) is 4.09. The number of para-hydroxylation sites is 1. The molecule has 0 unspecified atom stereocenters. The summed E-state index contributed by atoms with van der Waals surface area (Å²) in [5, 5.41) is 20.1. The van der Waals surface area contributed by atoms with Gasteiger partial charge in [-0.15, -0.1) is 0 Å². The summed E-state index contributed by atoms with van der Waals surface area (Å²) in [6.07, 6.45) is 0. The fourth-order valence-corrected chi connectivity index (χ4v) is 2.02. The first-order valence-electron chi connectivity index (χ1n) is 5.85. The van der Waals surface area contributed by atoms with Crippen LogP contribution in [0.2, 0.25) is 5.02 Å². The normalized spacial score (nSPS) is 10.2. The van der Waals surface area contributed by atoms with Crippen molar-refractivity contribution >= 4 is 23.3 Å². The average Bonchev–Trinajstić information content (AvgIpc) is 2.42. The van der Waals surface area contributed by atoms with E-state index in [4.69, 9.17) is 21.4 Å². The lowest BCUT2D eigenvalue weighted by atomic mass is 10.1. The molecule has 2 aromatic carbocycles. The molecule has 0 saturated heterocycles. The van der Waals surface area contributed by atoms with Gasteiger partial charge in [-0.25, -0.2) is 4.79 Å². The lowest BCUT2D eigenvalue weighted by Crippen LogP contribution is -2.02. The number of ether oxygens (including phenoxy) is 1. The molecule has 108 valence electrons. The first-order valence-corrected chi connectivity index (χ1v) is 6.23. The number of rotatable bonds is 4. The average molecular weight is 308 g/mol. The van der Waals surface area contributed by atoms with Crippen LogP contribution in [-0.2, 0) is 0 Å². The van der Waals surface area contributed by atoms with Gasteiger partial charge in [0.05, 0.1) is 15.5 Å². The van der Waals surface area contributed by atoms with Crippen LogP contribution < -0.4 is 4.74 Å². The Morgan fingerprint density at radius 3 is 2.57 bits per heavy atom. The van der Waals surface area contributed by atoms with Gasteiger partial charge in [-0.2, -0.15) is 0 Å². The van der Waals surface area contributed by atoms with Gasteiger partial charge in [0.25, 0.3) is 0 Å². The zero-order valence-corrected chi connectivity index (χ0v) is 11.6. The number of halogens is 1. The van der Waals surface area contributed by atoms with E-state index in [1.54, 1.807) is 6.92 Å². The van der Waals surface area contributed by atoms with Crippen LogP contribution in [0.15, 0.2) is 36.4 Å². The number of nitro groups is 1. The van der Waals surface area contributed by atoms with E-state index in [-0.39, 0.29) is 27.8 Å². The summed E-state index contributed by atoms with van der Waals surface area (Å²) in [6, 6.07) is 8.60. The predicted molar refractivity (Wildman–Crippen MR) is 76.3 cm³/mol. The van der Waals surface area contributed by atoms with Crippen molar-refractivity contribution in [1.29, 1.82) is 0 Å². The molecular weight excluding hydrogens is 298 g/mol. The van der Waals surface area contributed by atoms with Crippen molar-refractivity contribution in [3.63, 3.8) is 0 Å². The molecule has 0 aliphatic heterocycles. The third-order valence-electron chi connectivity index (χ3n) is 2.87. The highest BCUT2D eigenvalue weighted by atomic mass is 35.5. The summed E-state index contributed by atoms with van der Waals surface area (Å²) < 4.78 is 5.49. The molecule has 0 heterocycles. The highest BCUT2D eigenvalue weighted by molar-refractivity contribution is 6.32. The van der Waals surface area contributed by atoms with Crippen LogP contribution in [0.1, 0.15) is 15.9 Å². The van der Waals surface area contributed by atoms with Gasteiger partial charge in [0.1, 0.15) is 5.75 Å². The maximum absolute atomic E-state index is 11.1. The molecule has 0 atom stereocenters. The van der Waals surface area contributed by atoms with E-state index in [1.807, 2.05) is 0 Å². The Hall–Kier alpha value is -2.60. The second-order valence-electron chi connectivity index (χ2n) is 4.18. The molecule has 2 aromatic rings. The zero-order valence-electron chi connectivity index (χ0n) is 10.9. The van der Waals surface area contributed by atoms with Crippen LogP contribution in [-0.4, -0.2) is 16.0 Å². The van der Waals surface area contributed by atoms with E-state index >= 15 is 0 Å². The lowest BCUT2D eigenvalue weighted by Gasteiger charge is -2.11. The summed E-state index contributed by atoms with van der Waals surface area (Å²) in [6.45, 7) is 1.56. The van der Waals surface area contributed by atoms with Crippen LogP contribution in [0, 0.1) is 17.0 Å². The smallest absolute Gasteiger partial charge is 0.336 e. The maximum atomic E-state index is 11.1. The number of hydrogen-bond donors (Lipinski definition) is 1. The van der Waals surface area contributed by atoms with Crippen LogP contribution in [0.5, 0.6) is 11.5 Å². The maximum Gasteiger partial charge on any atom is 0.336 e. The van der Waals surface area contributed by atoms with Crippen molar-refractivity contribution in [3.05, 3.63) is 62.7 Å². The SMILES string of the molecule is Cc1c(Oc2c(Cl)cccc2[N+](=O)[O-])cccc1C(=O)O. The van der Waals surface area contributed by atoms with Crippen molar-refractivity contribution < 1.29 is 19.6 Å². The summed E-state index contributed by atoms with van der Waals surface area (Å²) in [5.74, 6) is -1.02. The van der Waals surface area contributed by atoms with Gasteiger partial charge in [0.2, 0.25) is 5.75 Å². The number of nitro benzene ring substituents is 1. The third-order valence-corrected chi connectivity index (χ3v) is 3.17. The quantitative estimate of drug-likeness (QED) is 0.680. The second-order valence-corrected chi connectivity index (χ2v) is 4.59. The molecule has 6 nitrogen and oxygen atoms in total. The molecule has 0 spiro atoms. The summed E-state index contributed by atoms with van der Waals surface area (Å²) in [7, 11) is 0. The fourth-order valence-electron chi connectivity index (χ4n) is 1.81. The minimum absolute atomic E-state index is 0.0576. The Labute approximate surface area is 124 Å². The monoisotopic (exact) mass is 307 g/mol. The molecule has 0 saturated carbocycles. The number of hydrogen-bond acceptors (Lipinski definition) is 4. The molecule has 21 heavy (non-hydrogen) atoms. The van der Waals surface area contributed by atoms with Crippen LogP contribution in [0.4, 0.5) is 5.69 Å². The van der Waals surface area contributed by atoms with Crippen molar-refractivity contribution in [2.24, 2.45) is 0 Å². The van der Waals surface area contributed by atoms with E-state index in [0.717, 1.165) is 0 Å². The minimum atomic E-state index is -1.10. The molecular formula is C14H10ClNO5. The second kappa shape index (κ2) is 5.80. The van der Waals surface area contributed by atoms with Gasteiger partial charge in [-0.3, -0.25) is 10.1 Å². The molecule has 0 amide bonds. The van der Waals surface area contributed by atoms with Crippen LogP contribution in [0.25, 0.3) is 0 Å². The number of aromatic carboxylic acids is 1. The van der Waals surface area contributed by atoms with Crippen LogP contribution >= 0.6 is 11.6 Å². The Morgan fingerprint density at radius 2 is 1.95 bits per heavy atom. The largest absolute Gasteiger partial charge is 0.478 e. The van der Waals surface area contributed by atoms with Crippen molar-refractivity contribution in [1.82, 2.24) is 0 Å². The molecule has 0 radical (unpaired) electrons. The van der Waals surface area contributed by atoms with Gasteiger partial charge in [-0.05, 0) is 25.1 Å². The van der Waals surface area contributed by atoms with E-state index in [1.165, 1.54) is 36.4 Å². The Bertz CT molecular complexity index is 729. The molecule has 2 rings (SSSR count). The first-order chi connectivity index (χ1) is 9.91. The summed E-state index contributed by atoms with van der Waals surface area (Å²) in [5.41, 5.74) is 0.129. The molecule has 0 aliphatic carbocycles. The molecule has 0 aromatic heterocycles. The summed E-state index contributed by atoms with van der Waals surface area (Å²) in [4.78, 5) is 21.5. The standard InChI is InChI=1S/C14H10ClNO5/c1-8-9(14(17)18)4-2-7-12(8)21-13-10(15)5-3-6-11(13)16(19)20/h2-7H,1H3,(H,17,18). The lowest BCUT2D eigenvalue weighted by molar-refractivity contribution is -0.385. The number of benzene rings is 2. The third kappa shape index (κ3) is 2.95. The highest BCUT2D eigenvalue weighted by Gasteiger charge is 2.20. The fraction of sp³-hybridized carbons (Fsp3) is 0.0714. The molecule has 1 N–H and O–H groups in total. The highest BCUT2D eigenvalue weighted by Crippen LogP contribution is 2.39. The topological polar surface area (TPSA) is 89.7 Å². The van der Waals surface area contributed by atoms with Gasteiger partial charge in [-0.1, -0.05) is 23.7 Å². The Balaban J connectivity index is 2.51. The van der Waals surface area contributed by atoms with Gasteiger partial charge >= 0.3 is 11.7 Å². The van der Waals surface area contributed by atoms with E-state index in [0.29, 0.717) is 5.56 Å². The summed E-state index contributed by atoms with van der Waals surface area (Å²) >= 11 is 5.93. The van der Waals surface area contributed by atoms with Gasteiger partial charge < -0.3 is 9.84 Å². The van der Waals surface area contributed by atoms with Crippen molar-refractivity contribution in [3.8, 4) is 11.5 Å². The predicted octanol–water partition coefficient (Wildman–Crippen LogP) is 4.05. The molecule has 0 bridgehead atoms. The van der Waals surface area contributed by atoms with Crippen molar-refractivity contribution in [2.45, 2.75) is 6.92 Å². The molecule has 0 fully saturated rings. The van der Waals surface area contributed by atoms with Gasteiger partial charge in [0, 0.05) is 11.6 Å². The molecule has 0 aliphatic rings. The number of nitrogens with zero attached hydrogens (tertiary/aromatic N) is 1. The molecule has 7 heteroatoms. The number of carboxylic acid groups (broad SMARTS) is 1. The van der Waals surface area contributed by atoms with E-state index in [9.17, 15) is 14.9 Å². The number of carbonyl (C=O) groups is 1. The van der Waals surface area contributed by atoms with Crippen molar-refractivity contribution in [2.75, 3.05) is 0 Å². The number of carboxylic acids is 1. The minimum Gasteiger partial charge on any atom is -0.478 e. The zero-order chi connectivity index (χ0) is 15.6. The first kappa shape index (κ1) is 14.8. The van der Waals surface area contributed by atoms with Crippen LogP contribution in [0.3, 0.4) is 0 Å². The van der Waals surface area contributed by atoms with Gasteiger partial charge in [0.15, 0.2) is 0 Å².